The van der Waals surface area contributed by atoms with Crippen LogP contribution in [-0.4, -0.2) is 30.3 Å². The second-order valence-electron chi connectivity index (χ2n) is 3.91. The Bertz CT molecular complexity index is 143. The van der Waals surface area contributed by atoms with Crippen molar-refractivity contribution < 1.29 is 4.74 Å². The molecule has 1 aliphatic rings. The molecule has 2 N–H and O–H groups in total. The zero-order valence-corrected chi connectivity index (χ0v) is 10.0. The van der Waals surface area contributed by atoms with E-state index in [0.29, 0.717) is 12.1 Å². The highest BCUT2D eigenvalue weighted by molar-refractivity contribution is 7.99. The second-order valence-corrected chi connectivity index (χ2v) is 5.30. The van der Waals surface area contributed by atoms with Crippen LogP contribution in [0.2, 0.25) is 0 Å². The van der Waals surface area contributed by atoms with Crippen LogP contribution in [0.1, 0.15) is 39.0 Å². The third-order valence-corrected chi connectivity index (χ3v) is 3.71. The van der Waals surface area contributed by atoms with Gasteiger partial charge in [-0.25, -0.2) is 0 Å². The molecule has 0 spiro atoms. The Labute approximate surface area is 92.0 Å². The minimum atomic E-state index is 0.294. The first-order chi connectivity index (χ1) is 6.84. The highest BCUT2D eigenvalue weighted by Crippen LogP contribution is 2.19. The predicted octanol–water partition coefficient (Wildman–Crippen LogP) is 2.42. The number of nitrogens with two attached hydrogens (primary N) is 1. The van der Waals surface area contributed by atoms with Gasteiger partial charge < -0.3 is 10.5 Å². The summed E-state index contributed by atoms with van der Waals surface area (Å²) in [5.41, 5.74) is 5.99. The van der Waals surface area contributed by atoms with Crippen LogP contribution in [0.3, 0.4) is 0 Å². The Morgan fingerprint density at radius 1 is 1.36 bits per heavy atom. The van der Waals surface area contributed by atoms with Gasteiger partial charge in [-0.3, -0.25) is 0 Å². The lowest BCUT2D eigenvalue weighted by Crippen LogP contribution is -2.39. The summed E-state index contributed by atoms with van der Waals surface area (Å²) < 4.78 is 5.80. The van der Waals surface area contributed by atoms with Crippen LogP contribution >= 0.6 is 11.8 Å². The lowest BCUT2D eigenvalue weighted by molar-refractivity contribution is 0.0159. The molecule has 1 aliphatic carbocycles. The second kappa shape index (κ2) is 7.55. The summed E-state index contributed by atoms with van der Waals surface area (Å²) >= 11 is 1.98. The summed E-state index contributed by atoms with van der Waals surface area (Å²) in [6.45, 7) is 3.09. The minimum Gasteiger partial charge on any atom is -0.377 e. The first kappa shape index (κ1) is 12.3. The molecule has 3 heteroatoms. The maximum Gasteiger partial charge on any atom is 0.0725 e. The van der Waals surface area contributed by atoms with E-state index in [9.17, 15) is 0 Å². The number of hydrogen-bond donors (Lipinski definition) is 1. The van der Waals surface area contributed by atoms with Crippen LogP contribution in [0.25, 0.3) is 0 Å². The van der Waals surface area contributed by atoms with Gasteiger partial charge in [-0.1, -0.05) is 19.8 Å². The molecule has 84 valence electrons. The van der Waals surface area contributed by atoms with E-state index in [1.54, 1.807) is 0 Å². The molecule has 1 saturated carbocycles. The SMILES string of the molecule is CCSCCCOC1CCCCC1N. The Morgan fingerprint density at radius 3 is 2.86 bits per heavy atom. The quantitative estimate of drug-likeness (QED) is 0.694. The molecule has 14 heavy (non-hydrogen) atoms. The molecule has 0 aromatic rings. The van der Waals surface area contributed by atoms with Crippen LogP contribution < -0.4 is 5.73 Å². The average Bonchev–Trinajstić information content (AvgIpc) is 2.20. The fourth-order valence-corrected chi connectivity index (χ4v) is 2.48. The Morgan fingerprint density at radius 2 is 2.14 bits per heavy atom. The smallest absolute Gasteiger partial charge is 0.0725 e. The lowest BCUT2D eigenvalue weighted by Gasteiger charge is -2.28. The molecule has 2 atom stereocenters. The number of hydrogen-bond acceptors (Lipinski definition) is 3. The molecule has 1 rings (SSSR count). The van der Waals surface area contributed by atoms with Crippen LogP contribution in [-0.2, 0) is 4.74 Å². The van der Waals surface area contributed by atoms with E-state index in [1.165, 1.54) is 37.2 Å². The fraction of sp³-hybridized carbons (Fsp3) is 1.00. The highest BCUT2D eigenvalue weighted by Gasteiger charge is 2.21. The summed E-state index contributed by atoms with van der Waals surface area (Å²) in [5.74, 6) is 2.43. The van der Waals surface area contributed by atoms with E-state index in [4.69, 9.17) is 10.5 Å². The van der Waals surface area contributed by atoms with Crippen molar-refractivity contribution in [3.8, 4) is 0 Å². The largest absolute Gasteiger partial charge is 0.377 e. The van der Waals surface area contributed by atoms with Gasteiger partial charge in [0.05, 0.1) is 6.10 Å². The van der Waals surface area contributed by atoms with Gasteiger partial charge in [0.1, 0.15) is 0 Å². The summed E-state index contributed by atoms with van der Waals surface area (Å²) in [5, 5.41) is 0. The van der Waals surface area contributed by atoms with E-state index < -0.39 is 0 Å². The van der Waals surface area contributed by atoms with Crippen molar-refractivity contribution in [2.24, 2.45) is 5.73 Å². The predicted molar refractivity (Wildman–Crippen MR) is 63.8 cm³/mol. The van der Waals surface area contributed by atoms with Gasteiger partial charge in [0, 0.05) is 12.6 Å². The van der Waals surface area contributed by atoms with Gasteiger partial charge in [0.2, 0.25) is 0 Å². The molecule has 0 saturated heterocycles. The van der Waals surface area contributed by atoms with Gasteiger partial charge >= 0.3 is 0 Å². The number of thioether (sulfide) groups is 1. The van der Waals surface area contributed by atoms with Gasteiger partial charge in [-0.05, 0) is 30.8 Å². The van der Waals surface area contributed by atoms with Crippen molar-refractivity contribution in [1.29, 1.82) is 0 Å². The third kappa shape index (κ3) is 4.67. The van der Waals surface area contributed by atoms with E-state index in [2.05, 4.69) is 6.92 Å². The highest BCUT2D eigenvalue weighted by atomic mass is 32.2. The molecule has 0 aromatic carbocycles. The minimum absolute atomic E-state index is 0.294. The molecule has 0 bridgehead atoms. The molecule has 0 heterocycles. The van der Waals surface area contributed by atoms with Crippen molar-refractivity contribution >= 4 is 11.8 Å². The van der Waals surface area contributed by atoms with Crippen molar-refractivity contribution in [3.63, 3.8) is 0 Å². The maximum absolute atomic E-state index is 5.99. The van der Waals surface area contributed by atoms with Crippen LogP contribution in [0.4, 0.5) is 0 Å². The molecular formula is C11H23NOS. The number of rotatable bonds is 6. The van der Waals surface area contributed by atoms with E-state index in [-0.39, 0.29) is 0 Å². The van der Waals surface area contributed by atoms with Crippen LogP contribution in [0, 0.1) is 0 Å². The van der Waals surface area contributed by atoms with Gasteiger partial charge in [0.25, 0.3) is 0 Å². The lowest BCUT2D eigenvalue weighted by atomic mass is 9.93. The van der Waals surface area contributed by atoms with E-state index in [1.807, 2.05) is 11.8 Å². The normalized spacial score (nSPS) is 27.9. The Balaban J connectivity index is 1.99. The maximum atomic E-state index is 5.99. The Hall–Kier alpha value is 0.270. The first-order valence-electron chi connectivity index (χ1n) is 5.79. The molecule has 0 aromatic heterocycles. The molecule has 2 unspecified atom stereocenters. The third-order valence-electron chi connectivity index (χ3n) is 2.72. The first-order valence-corrected chi connectivity index (χ1v) is 6.95. The van der Waals surface area contributed by atoms with Crippen LogP contribution in [0.15, 0.2) is 0 Å². The van der Waals surface area contributed by atoms with Gasteiger partial charge in [-0.15, -0.1) is 0 Å². The van der Waals surface area contributed by atoms with Crippen molar-refractivity contribution in [2.45, 2.75) is 51.2 Å². The summed E-state index contributed by atoms with van der Waals surface area (Å²) in [7, 11) is 0. The Kier molecular flexibility index (Phi) is 6.65. The standard InChI is InChI=1S/C11H23NOS/c1-2-14-9-5-8-13-11-7-4-3-6-10(11)12/h10-11H,2-9,12H2,1H3. The zero-order valence-electron chi connectivity index (χ0n) is 9.21. The monoisotopic (exact) mass is 217 g/mol. The van der Waals surface area contributed by atoms with Gasteiger partial charge in [0.15, 0.2) is 0 Å². The fourth-order valence-electron chi connectivity index (χ4n) is 1.87. The summed E-state index contributed by atoms with van der Waals surface area (Å²) in [6.07, 6.45) is 6.41. The summed E-state index contributed by atoms with van der Waals surface area (Å²) in [4.78, 5) is 0. The van der Waals surface area contributed by atoms with Crippen molar-refractivity contribution in [1.82, 2.24) is 0 Å². The molecule has 0 amide bonds. The molecule has 0 aliphatic heterocycles. The molecule has 1 fully saturated rings. The molecule has 0 radical (unpaired) electrons. The number of ether oxygens (including phenoxy) is 1. The van der Waals surface area contributed by atoms with Crippen LogP contribution in [0.5, 0.6) is 0 Å². The van der Waals surface area contributed by atoms with Crippen molar-refractivity contribution in [2.75, 3.05) is 18.1 Å². The molecular weight excluding hydrogens is 194 g/mol. The topological polar surface area (TPSA) is 35.2 Å². The van der Waals surface area contributed by atoms with Crippen molar-refractivity contribution in [3.05, 3.63) is 0 Å². The molecule has 2 nitrogen and oxygen atoms in total. The zero-order chi connectivity index (χ0) is 10.2. The van der Waals surface area contributed by atoms with E-state index >= 15 is 0 Å². The summed E-state index contributed by atoms with van der Waals surface area (Å²) in [6, 6.07) is 0.294. The van der Waals surface area contributed by atoms with E-state index in [0.717, 1.165) is 13.0 Å². The average molecular weight is 217 g/mol. The van der Waals surface area contributed by atoms with Gasteiger partial charge in [-0.2, -0.15) is 11.8 Å².